The molecule has 0 N–H and O–H groups in total. The highest BCUT2D eigenvalue weighted by molar-refractivity contribution is 6.30. The third-order valence-electron chi connectivity index (χ3n) is 11.2. The van der Waals surface area contributed by atoms with Gasteiger partial charge in [-0.25, -0.2) is 24.0 Å². The smallest absolute Gasteiger partial charge is 0.417 e. The van der Waals surface area contributed by atoms with Gasteiger partial charge in [-0.1, -0.05) is 89.3 Å². The Balaban J connectivity index is 1.94. The Morgan fingerprint density at radius 1 is 0.694 bits per heavy atom. The quantitative estimate of drug-likeness (QED) is 0.0210. The van der Waals surface area contributed by atoms with Gasteiger partial charge in [0.05, 0.1) is 19.8 Å². The largest absolute Gasteiger partial charge is 0.492 e. The predicted octanol–water partition coefficient (Wildman–Crippen LogP) is 9.38. The molecule has 1 aliphatic carbocycles. The molecule has 3 rings (SSSR count). The van der Waals surface area contributed by atoms with Crippen molar-refractivity contribution in [3.05, 3.63) is 77.9 Å². The first-order valence-electron chi connectivity index (χ1n) is 22.5. The van der Waals surface area contributed by atoms with E-state index in [1.54, 1.807) is 6.08 Å². The molecule has 0 heterocycles. The maximum absolute atomic E-state index is 12.6. The highest BCUT2D eigenvalue weighted by Gasteiger charge is 2.39. The number of aryl methyl sites for hydroxylation is 2. The SMILES string of the molecule is C=CCOCCCc1cc(-c2ccc(C3CCC(CCCCCCC)CC3)cc2CC)ccc1OCC(COC(=O)C(=C)C)(COC(=O)C(=O)OCC)COC(=O)C(=O)OCC. The first-order chi connectivity index (χ1) is 29.9. The fourth-order valence-electron chi connectivity index (χ4n) is 7.64. The summed E-state index contributed by atoms with van der Waals surface area (Å²) >= 11 is 0. The van der Waals surface area contributed by atoms with Crippen molar-refractivity contribution >= 4 is 29.8 Å². The molecule has 0 aliphatic heterocycles. The first kappa shape index (κ1) is 51.4. The Hall–Kier alpha value is -4.97. The Labute approximate surface area is 369 Å². The van der Waals surface area contributed by atoms with Gasteiger partial charge in [-0.3, -0.25) is 0 Å². The van der Waals surface area contributed by atoms with Crippen LogP contribution in [0.15, 0.2) is 61.2 Å². The zero-order chi connectivity index (χ0) is 45.3. The molecule has 1 fully saturated rings. The number of carbonyl (C=O) groups excluding carboxylic acids is 5. The van der Waals surface area contributed by atoms with Gasteiger partial charge in [0.1, 0.15) is 37.6 Å². The van der Waals surface area contributed by atoms with E-state index in [2.05, 4.69) is 51.3 Å². The van der Waals surface area contributed by atoms with Gasteiger partial charge in [0, 0.05) is 12.2 Å². The number of unbranched alkanes of at least 4 members (excludes halogenated alkanes) is 4. The Bertz CT molecular complexity index is 1740. The van der Waals surface area contributed by atoms with E-state index < -0.39 is 55.1 Å². The second kappa shape index (κ2) is 27.9. The van der Waals surface area contributed by atoms with E-state index >= 15 is 0 Å². The van der Waals surface area contributed by atoms with E-state index in [4.69, 9.17) is 33.2 Å². The normalized spacial score (nSPS) is 14.9. The van der Waals surface area contributed by atoms with Crippen LogP contribution in [-0.4, -0.2) is 82.7 Å². The summed E-state index contributed by atoms with van der Waals surface area (Å²) in [4.78, 5) is 62.3. The van der Waals surface area contributed by atoms with Crippen molar-refractivity contribution in [3.63, 3.8) is 0 Å². The first-order valence-corrected chi connectivity index (χ1v) is 22.5. The zero-order valence-corrected chi connectivity index (χ0v) is 37.9. The Morgan fingerprint density at radius 3 is 1.89 bits per heavy atom. The summed E-state index contributed by atoms with van der Waals surface area (Å²) in [6.45, 7) is 14.9. The van der Waals surface area contributed by atoms with E-state index in [1.165, 1.54) is 96.1 Å². The van der Waals surface area contributed by atoms with Crippen LogP contribution in [0.5, 0.6) is 5.75 Å². The van der Waals surface area contributed by atoms with Crippen LogP contribution in [-0.2, 0) is 65.2 Å². The number of ether oxygens (including phenoxy) is 7. The van der Waals surface area contributed by atoms with E-state index in [0.717, 1.165) is 29.0 Å². The summed E-state index contributed by atoms with van der Waals surface area (Å²) in [5.74, 6) is -4.01. The number of hydrogen-bond acceptors (Lipinski definition) is 12. The summed E-state index contributed by atoms with van der Waals surface area (Å²) in [6, 6.07) is 12.8. The van der Waals surface area contributed by atoms with E-state index in [9.17, 15) is 24.0 Å². The third-order valence-corrected chi connectivity index (χ3v) is 11.2. The van der Waals surface area contributed by atoms with Crippen LogP contribution in [0.2, 0.25) is 0 Å². The molecule has 0 unspecified atom stereocenters. The number of rotatable bonds is 27. The van der Waals surface area contributed by atoms with E-state index in [-0.39, 0.29) is 25.4 Å². The van der Waals surface area contributed by atoms with E-state index in [1.807, 2.05) is 12.1 Å². The molecule has 1 aliphatic rings. The number of hydrogen-bond donors (Lipinski definition) is 0. The third kappa shape index (κ3) is 17.1. The van der Waals surface area contributed by atoms with E-state index in [0.29, 0.717) is 37.7 Å². The molecule has 342 valence electrons. The highest BCUT2D eigenvalue weighted by atomic mass is 16.6. The molecule has 0 atom stereocenters. The van der Waals surface area contributed by atoms with Crippen LogP contribution in [0.1, 0.15) is 128 Å². The molecule has 2 aromatic carbocycles. The molecular weight excluding hydrogens is 793 g/mol. The molecule has 0 aromatic heterocycles. The van der Waals surface area contributed by atoms with Crippen molar-refractivity contribution in [3.8, 4) is 16.9 Å². The molecule has 0 radical (unpaired) electrons. The van der Waals surface area contributed by atoms with Crippen molar-refractivity contribution in [1.29, 1.82) is 0 Å². The lowest BCUT2D eigenvalue weighted by Gasteiger charge is -2.32. The predicted molar refractivity (Wildman–Crippen MR) is 238 cm³/mol. The summed E-state index contributed by atoms with van der Waals surface area (Å²) in [5, 5.41) is 0. The molecular formula is C50H70O12. The lowest BCUT2D eigenvalue weighted by molar-refractivity contribution is -0.178. The second-order valence-electron chi connectivity index (χ2n) is 16.2. The van der Waals surface area contributed by atoms with Crippen LogP contribution in [0.4, 0.5) is 0 Å². The van der Waals surface area contributed by atoms with Gasteiger partial charge in [-0.15, -0.1) is 6.58 Å². The van der Waals surface area contributed by atoms with Gasteiger partial charge in [-0.2, -0.15) is 0 Å². The Morgan fingerprint density at radius 2 is 1.31 bits per heavy atom. The average Bonchev–Trinajstić information content (AvgIpc) is 3.28. The fourth-order valence-corrected chi connectivity index (χ4v) is 7.64. The topological polar surface area (TPSA) is 150 Å². The molecule has 12 heteroatoms. The minimum absolute atomic E-state index is 0.0723. The van der Waals surface area contributed by atoms with Gasteiger partial charge < -0.3 is 33.2 Å². The zero-order valence-electron chi connectivity index (χ0n) is 37.9. The molecule has 0 spiro atoms. The monoisotopic (exact) mass is 862 g/mol. The summed E-state index contributed by atoms with van der Waals surface area (Å²) in [7, 11) is 0. The molecule has 62 heavy (non-hydrogen) atoms. The Kier molecular flexibility index (Phi) is 23.1. The maximum atomic E-state index is 12.6. The molecule has 0 saturated heterocycles. The van der Waals surface area contributed by atoms with Gasteiger partial charge >= 0.3 is 29.8 Å². The van der Waals surface area contributed by atoms with Crippen molar-refractivity contribution in [1.82, 2.24) is 0 Å². The van der Waals surface area contributed by atoms with Crippen LogP contribution in [0.25, 0.3) is 11.1 Å². The lowest BCUT2D eigenvalue weighted by atomic mass is 9.76. The van der Waals surface area contributed by atoms with Crippen LogP contribution in [0.3, 0.4) is 0 Å². The molecule has 0 bridgehead atoms. The molecule has 0 amide bonds. The fraction of sp³-hybridized carbons (Fsp3) is 0.580. The number of carbonyl (C=O) groups is 5. The van der Waals surface area contributed by atoms with Gasteiger partial charge in [0.15, 0.2) is 0 Å². The minimum atomic E-state index is -1.61. The minimum Gasteiger partial charge on any atom is -0.492 e. The summed E-state index contributed by atoms with van der Waals surface area (Å²) in [5.41, 5.74) is 4.13. The summed E-state index contributed by atoms with van der Waals surface area (Å²) < 4.78 is 37.9. The number of benzene rings is 2. The van der Waals surface area contributed by atoms with Crippen LogP contribution < -0.4 is 4.74 Å². The summed E-state index contributed by atoms with van der Waals surface area (Å²) in [6.07, 6.45) is 16.8. The molecule has 2 aromatic rings. The number of esters is 5. The van der Waals surface area contributed by atoms with Crippen LogP contribution in [0, 0.1) is 11.3 Å². The lowest BCUT2D eigenvalue weighted by Crippen LogP contribution is -2.45. The highest BCUT2D eigenvalue weighted by Crippen LogP contribution is 2.40. The van der Waals surface area contributed by atoms with Crippen molar-refractivity contribution < 1.29 is 57.1 Å². The standard InChI is InChI=1S/C50H70O12/c1-8-13-14-15-16-18-37-20-22-39(23-21-37)40-24-26-43(38(10-3)30-40)41-25-27-44(42(31-41)19-17-29-56-28-9-2)59-32-50(33-60-45(51)36(6)7,34-61-48(54)46(52)57-11-4)35-62-49(55)47(53)58-12-5/h9,24-27,30-31,37,39H,2,6,8,10-23,28-29,32-35H2,1,3-5,7H3. The second-order valence-corrected chi connectivity index (χ2v) is 16.2. The van der Waals surface area contributed by atoms with Crippen LogP contribution >= 0.6 is 0 Å². The van der Waals surface area contributed by atoms with Crippen molar-refractivity contribution in [2.24, 2.45) is 11.3 Å². The van der Waals surface area contributed by atoms with Gasteiger partial charge in [0.2, 0.25) is 0 Å². The molecule has 1 saturated carbocycles. The molecule has 12 nitrogen and oxygen atoms in total. The van der Waals surface area contributed by atoms with Crippen molar-refractivity contribution in [2.75, 3.05) is 52.9 Å². The van der Waals surface area contributed by atoms with Crippen molar-refractivity contribution in [2.45, 2.75) is 124 Å². The van der Waals surface area contributed by atoms with Gasteiger partial charge in [0.25, 0.3) is 0 Å². The maximum Gasteiger partial charge on any atom is 0.417 e. The average molecular weight is 863 g/mol. The van der Waals surface area contributed by atoms with Gasteiger partial charge in [-0.05, 0) is 118 Å².